The second kappa shape index (κ2) is 6.01. The van der Waals surface area contributed by atoms with Gasteiger partial charge in [0.1, 0.15) is 10.9 Å². The molecule has 0 spiro atoms. The zero-order chi connectivity index (χ0) is 13.9. The van der Waals surface area contributed by atoms with Gasteiger partial charge in [0.05, 0.1) is 12.1 Å². The summed E-state index contributed by atoms with van der Waals surface area (Å²) < 4.78 is 31.1. The van der Waals surface area contributed by atoms with E-state index < -0.39 is 22.0 Å². The summed E-state index contributed by atoms with van der Waals surface area (Å²) in [4.78, 5) is 11.1. The van der Waals surface area contributed by atoms with E-state index in [0.717, 1.165) is 0 Å². The minimum atomic E-state index is -3.91. The van der Waals surface area contributed by atoms with Crippen LogP contribution in [0.5, 0.6) is 0 Å². The first kappa shape index (κ1) is 15.4. The zero-order valence-corrected chi connectivity index (χ0v) is 12.8. The van der Waals surface area contributed by atoms with Gasteiger partial charge in [-0.15, -0.1) is 0 Å². The Morgan fingerprint density at radius 1 is 1.50 bits per heavy atom. The van der Waals surface area contributed by atoms with Crippen LogP contribution >= 0.6 is 27.5 Å². The summed E-state index contributed by atoms with van der Waals surface area (Å²) in [5.41, 5.74) is 0. The van der Waals surface area contributed by atoms with Gasteiger partial charge in [-0.25, -0.2) is 8.42 Å². The average molecular weight is 357 g/mol. The van der Waals surface area contributed by atoms with E-state index in [2.05, 4.69) is 25.4 Å². The monoisotopic (exact) mass is 355 g/mol. The van der Waals surface area contributed by atoms with Crippen molar-refractivity contribution < 1.29 is 17.9 Å². The molecule has 1 aromatic rings. The van der Waals surface area contributed by atoms with Gasteiger partial charge in [-0.05, 0) is 35.0 Å². The van der Waals surface area contributed by atoms with E-state index in [0.29, 0.717) is 4.47 Å². The van der Waals surface area contributed by atoms with Gasteiger partial charge in [0.2, 0.25) is 10.0 Å². The quantitative estimate of drug-likeness (QED) is 0.837. The van der Waals surface area contributed by atoms with Crippen LogP contribution in [0.2, 0.25) is 5.02 Å². The number of hydrogen-bond acceptors (Lipinski definition) is 4. The van der Waals surface area contributed by atoms with E-state index >= 15 is 0 Å². The number of carbonyl (C=O) groups excluding carboxylic acids is 1. The zero-order valence-electron chi connectivity index (χ0n) is 9.61. The van der Waals surface area contributed by atoms with Crippen LogP contribution in [0.4, 0.5) is 0 Å². The van der Waals surface area contributed by atoms with E-state index in [-0.39, 0.29) is 9.92 Å². The third-order valence-electron chi connectivity index (χ3n) is 2.07. The highest BCUT2D eigenvalue weighted by atomic mass is 79.9. The van der Waals surface area contributed by atoms with Gasteiger partial charge in [0.15, 0.2) is 0 Å². The summed E-state index contributed by atoms with van der Waals surface area (Å²) in [6.07, 6.45) is 0. The lowest BCUT2D eigenvalue weighted by Crippen LogP contribution is -2.39. The molecule has 1 aromatic carbocycles. The predicted molar refractivity (Wildman–Crippen MR) is 71.0 cm³/mol. The lowest BCUT2D eigenvalue weighted by Gasteiger charge is -2.14. The van der Waals surface area contributed by atoms with Crippen LogP contribution in [0.3, 0.4) is 0 Å². The first-order chi connectivity index (χ1) is 8.29. The number of methoxy groups -OCH3 is 1. The molecular formula is C10H11BrClNO4S. The highest BCUT2D eigenvalue weighted by Crippen LogP contribution is 2.29. The first-order valence-corrected chi connectivity index (χ1v) is 7.49. The van der Waals surface area contributed by atoms with Crippen molar-refractivity contribution in [1.82, 2.24) is 4.72 Å². The van der Waals surface area contributed by atoms with Gasteiger partial charge in [-0.3, -0.25) is 4.79 Å². The van der Waals surface area contributed by atoms with E-state index in [1.54, 1.807) is 12.1 Å². The number of hydrogen-bond donors (Lipinski definition) is 1. The molecule has 0 aromatic heterocycles. The molecule has 8 heteroatoms. The number of halogens is 2. The molecule has 5 nitrogen and oxygen atoms in total. The molecule has 1 rings (SSSR count). The van der Waals surface area contributed by atoms with Crippen molar-refractivity contribution in [3.05, 3.63) is 27.7 Å². The molecule has 0 bridgehead atoms. The maximum absolute atomic E-state index is 12.1. The Labute approximate surface area is 119 Å². The Balaban J connectivity index is 3.12. The number of esters is 1. The van der Waals surface area contributed by atoms with Crippen molar-refractivity contribution in [2.75, 3.05) is 7.11 Å². The largest absolute Gasteiger partial charge is 0.468 e. The standard InChI is InChI=1S/C10H11BrClNO4S/c1-6(10(14)17-2)13-18(15,16)9-7(11)4-3-5-8(9)12/h3-6,13H,1-2H3/t6-/m0/s1. The molecule has 0 aliphatic heterocycles. The Bertz CT molecular complexity index is 541. The molecule has 0 aliphatic carbocycles. The number of rotatable bonds is 4. The van der Waals surface area contributed by atoms with Crippen molar-refractivity contribution in [3.8, 4) is 0 Å². The molecule has 1 N–H and O–H groups in total. The molecule has 0 amide bonds. The average Bonchev–Trinajstić information content (AvgIpc) is 2.26. The van der Waals surface area contributed by atoms with Crippen LogP contribution in [0.25, 0.3) is 0 Å². The summed E-state index contributed by atoms with van der Waals surface area (Å²) in [7, 11) is -2.73. The fourth-order valence-corrected chi connectivity index (χ4v) is 4.18. The van der Waals surface area contributed by atoms with Crippen LogP contribution in [-0.2, 0) is 19.6 Å². The Hall–Kier alpha value is -0.630. The maximum atomic E-state index is 12.1. The predicted octanol–water partition coefficient (Wildman–Crippen LogP) is 1.94. The number of nitrogens with one attached hydrogen (secondary N) is 1. The molecular weight excluding hydrogens is 346 g/mol. The van der Waals surface area contributed by atoms with Crippen LogP contribution in [-0.4, -0.2) is 27.5 Å². The summed E-state index contributed by atoms with van der Waals surface area (Å²) >= 11 is 8.95. The van der Waals surface area contributed by atoms with Gasteiger partial charge in [0, 0.05) is 4.47 Å². The third kappa shape index (κ3) is 3.44. The highest BCUT2D eigenvalue weighted by Gasteiger charge is 2.26. The normalized spacial score (nSPS) is 13.1. The lowest BCUT2D eigenvalue weighted by atomic mass is 10.4. The smallest absolute Gasteiger partial charge is 0.323 e. The Kier molecular flexibility index (Phi) is 5.15. The molecule has 0 radical (unpaired) electrons. The number of carbonyl (C=O) groups is 1. The summed E-state index contributed by atoms with van der Waals surface area (Å²) in [5, 5.41) is 0.0638. The molecule has 0 aliphatic rings. The van der Waals surface area contributed by atoms with Crippen molar-refractivity contribution in [3.63, 3.8) is 0 Å². The summed E-state index contributed by atoms with van der Waals surface area (Å²) in [6, 6.07) is 3.60. The van der Waals surface area contributed by atoms with Gasteiger partial charge in [0.25, 0.3) is 0 Å². The molecule has 100 valence electrons. The minimum absolute atomic E-state index is 0.0638. The van der Waals surface area contributed by atoms with E-state index in [1.807, 2.05) is 0 Å². The van der Waals surface area contributed by atoms with Gasteiger partial charge in [-0.1, -0.05) is 17.7 Å². The second-order valence-electron chi connectivity index (χ2n) is 3.42. The van der Waals surface area contributed by atoms with E-state index in [9.17, 15) is 13.2 Å². The molecule has 0 saturated carbocycles. The molecule has 0 saturated heterocycles. The van der Waals surface area contributed by atoms with Crippen LogP contribution in [0, 0.1) is 0 Å². The van der Waals surface area contributed by atoms with Crippen molar-refractivity contribution in [2.45, 2.75) is 17.9 Å². The molecule has 0 unspecified atom stereocenters. The minimum Gasteiger partial charge on any atom is -0.468 e. The molecule has 1 atom stereocenters. The summed E-state index contributed by atoms with van der Waals surface area (Å²) in [5.74, 6) is -0.679. The first-order valence-electron chi connectivity index (χ1n) is 4.83. The number of ether oxygens (including phenoxy) is 1. The molecule has 18 heavy (non-hydrogen) atoms. The van der Waals surface area contributed by atoms with Gasteiger partial charge < -0.3 is 4.74 Å². The topological polar surface area (TPSA) is 72.5 Å². The Morgan fingerprint density at radius 3 is 2.61 bits per heavy atom. The van der Waals surface area contributed by atoms with Crippen molar-refractivity contribution >= 4 is 43.5 Å². The van der Waals surface area contributed by atoms with Crippen molar-refractivity contribution in [2.24, 2.45) is 0 Å². The molecule has 0 fully saturated rings. The van der Waals surface area contributed by atoms with Crippen molar-refractivity contribution in [1.29, 1.82) is 0 Å². The van der Waals surface area contributed by atoms with E-state index in [1.165, 1.54) is 20.1 Å². The van der Waals surface area contributed by atoms with Crippen LogP contribution in [0.15, 0.2) is 27.6 Å². The van der Waals surface area contributed by atoms with Crippen LogP contribution in [0.1, 0.15) is 6.92 Å². The fourth-order valence-electron chi connectivity index (χ4n) is 1.26. The third-order valence-corrected chi connectivity index (χ3v) is 5.07. The summed E-state index contributed by atoms with van der Waals surface area (Å²) in [6.45, 7) is 1.38. The second-order valence-corrected chi connectivity index (χ2v) is 6.33. The lowest BCUT2D eigenvalue weighted by molar-refractivity contribution is -0.142. The highest BCUT2D eigenvalue weighted by molar-refractivity contribution is 9.10. The number of sulfonamides is 1. The van der Waals surface area contributed by atoms with Gasteiger partial charge >= 0.3 is 5.97 Å². The molecule has 0 heterocycles. The van der Waals surface area contributed by atoms with Crippen LogP contribution < -0.4 is 4.72 Å². The SMILES string of the molecule is COC(=O)[C@H](C)NS(=O)(=O)c1c(Cl)cccc1Br. The maximum Gasteiger partial charge on any atom is 0.323 e. The van der Waals surface area contributed by atoms with E-state index in [4.69, 9.17) is 11.6 Å². The fraction of sp³-hybridized carbons (Fsp3) is 0.300. The van der Waals surface area contributed by atoms with Gasteiger partial charge in [-0.2, -0.15) is 4.72 Å². The Morgan fingerprint density at radius 2 is 2.11 bits per heavy atom. The number of benzene rings is 1.